The SMILES string of the molecule is Cc1cc(Br)c2c(c1)[C@](O)(CC(=O)c1ccccn1)C(=O)N2. The number of hydrogen-bond acceptors (Lipinski definition) is 4. The first-order valence-electron chi connectivity index (χ1n) is 6.70. The topological polar surface area (TPSA) is 79.3 Å². The van der Waals surface area contributed by atoms with Gasteiger partial charge in [0.25, 0.3) is 5.91 Å². The Morgan fingerprint density at radius 2 is 2.18 bits per heavy atom. The van der Waals surface area contributed by atoms with Gasteiger partial charge in [-0.3, -0.25) is 14.6 Å². The highest BCUT2D eigenvalue weighted by molar-refractivity contribution is 9.10. The van der Waals surface area contributed by atoms with Crippen molar-refractivity contribution in [3.05, 3.63) is 57.8 Å². The van der Waals surface area contributed by atoms with E-state index < -0.39 is 11.5 Å². The van der Waals surface area contributed by atoms with Gasteiger partial charge in [0, 0.05) is 16.2 Å². The molecule has 0 spiro atoms. The van der Waals surface area contributed by atoms with Crippen molar-refractivity contribution < 1.29 is 14.7 Å². The van der Waals surface area contributed by atoms with Crippen LogP contribution in [0.25, 0.3) is 0 Å². The highest BCUT2D eigenvalue weighted by atomic mass is 79.9. The van der Waals surface area contributed by atoms with Crippen LogP contribution in [-0.4, -0.2) is 21.8 Å². The first kappa shape index (κ1) is 14.9. The van der Waals surface area contributed by atoms with E-state index in [0.29, 0.717) is 15.7 Å². The molecule has 1 atom stereocenters. The molecule has 1 amide bonds. The van der Waals surface area contributed by atoms with E-state index in [9.17, 15) is 14.7 Å². The van der Waals surface area contributed by atoms with Gasteiger partial charge in [0.1, 0.15) is 5.69 Å². The van der Waals surface area contributed by atoms with Crippen LogP contribution in [-0.2, 0) is 10.4 Å². The number of anilines is 1. The standard InChI is InChI=1S/C16H13BrN2O3/c1-9-6-10-14(11(17)7-9)19-15(21)16(10,22)8-13(20)12-4-2-3-5-18-12/h2-7,22H,8H2,1H3,(H,19,21)/t16-/m1/s1. The number of aliphatic hydroxyl groups is 1. The summed E-state index contributed by atoms with van der Waals surface area (Å²) < 4.78 is 0.678. The van der Waals surface area contributed by atoms with E-state index in [-0.39, 0.29) is 17.9 Å². The fourth-order valence-electron chi connectivity index (χ4n) is 2.56. The normalized spacial score (nSPS) is 19.7. The lowest BCUT2D eigenvalue weighted by Gasteiger charge is -2.20. The zero-order valence-corrected chi connectivity index (χ0v) is 13.3. The zero-order valence-electron chi connectivity index (χ0n) is 11.8. The van der Waals surface area contributed by atoms with E-state index in [1.807, 2.05) is 13.0 Å². The van der Waals surface area contributed by atoms with Gasteiger partial charge in [-0.15, -0.1) is 0 Å². The third-order valence-corrected chi connectivity index (χ3v) is 4.29. The molecule has 112 valence electrons. The molecule has 1 aromatic carbocycles. The number of ketones is 1. The van der Waals surface area contributed by atoms with Crippen molar-refractivity contribution in [1.82, 2.24) is 4.98 Å². The van der Waals surface area contributed by atoms with Gasteiger partial charge in [-0.25, -0.2) is 0 Å². The smallest absolute Gasteiger partial charge is 0.261 e. The van der Waals surface area contributed by atoms with Crippen LogP contribution in [0.3, 0.4) is 0 Å². The number of Topliss-reactive ketones (excluding diaryl/α,β-unsaturated/α-hetero) is 1. The molecule has 0 saturated heterocycles. The lowest BCUT2D eigenvalue weighted by atomic mass is 9.88. The van der Waals surface area contributed by atoms with Crippen molar-refractivity contribution in [3.8, 4) is 0 Å². The molecular formula is C16H13BrN2O3. The molecule has 2 heterocycles. The maximum Gasteiger partial charge on any atom is 0.261 e. The lowest BCUT2D eigenvalue weighted by molar-refractivity contribution is -0.133. The number of benzene rings is 1. The molecule has 2 aromatic rings. The highest BCUT2D eigenvalue weighted by Crippen LogP contribution is 2.43. The third kappa shape index (κ3) is 2.34. The molecule has 0 aliphatic carbocycles. The number of carbonyl (C=O) groups excluding carboxylic acids is 2. The molecule has 0 saturated carbocycles. The summed E-state index contributed by atoms with van der Waals surface area (Å²) in [4.78, 5) is 28.5. The van der Waals surface area contributed by atoms with E-state index >= 15 is 0 Å². The third-order valence-electron chi connectivity index (χ3n) is 3.66. The maximum atomic E-state index is 12.3. The van der Waals surface area contributed by atoms with Gasteiger partial charge < -0.3 is 10.4 Å². The van der Waals surface area contributed by atoms with Crippen molar-refractivity contribution in [2.24, 2.45) is 0 Å². The summed E-state index contributed by atoms with van der Waals surface area (Å²) in [7, 11) is 0. The van der Waals surface area contributed by atoms with Crippen molar-refractivity contribution in [2.75, 3.05) is 5.32 Å². The van der Waals surface area contributed by atoms with Crippen molar-refractivity contribution in [3.63, 3.8) is 0 Å². The molecule has 22 heavy (non-hydrogen) atoms. The molecule has 1 aromatic heterocycles. The molecule has 2 N–H and O–H groups in total. The number of nitrogens with zero attached hydrogens (tertiary/aromatic N) is 1. The summed E-state index contributed by atoms with van der Waals surface area (Å²) in [5, 5.41) is 13.4. The average Bonchev–Trinajstić information content (AvgIpc) is 2.73. The number of nitrogens with one attached hydrogen (secondary N) is 1. The van der Waals surface area contributed by atoms with E-state index in [1.165, 1.54) is 6.20 Å². The Bertz CT molecular complexity index is 776. The summed E-state index contributed by atoms with van der Waals surface area (Å²) in [5.41, 5.74) is 0.147. The van der Waals surface area contributed by atoms with Crippen LogP contribution >= 0.6 is 15.9 Å². The minimum absolute atomic E-state index is 0.226. The number of hydrogen-bond donors (Lipinski definition) is 2. The first-order valence-corrected chi connectivity index (χ1v) is 7.50. The molecule has 0 radical (unpaired) electrons. The Kier molecular flexibility index (Phi) is 3.58. The van der Waals surface area contributed by atoms with E-state index in [2.05, 4.69) is 26.2 Å². The van der Waals surface area contributed by atoms with Gasteiger partial charge in [0.2, 0.25) is 0 Å². The Morgan fingerprint density at radius 1 is 1.41 bits per heavy atom. The molecule has 6 heteroatoms. The fraction of sp³-hybridized carbons (Fsp3) is 0.188. The molecular weight excluding hydrogens is 348 g/mol. The van der Waals surface area contributed by atoms with Gasteiger partial charge >= 0.3 is 0 Å². The minimum Gasteiger partial charge on any atom is -0.375 e. The van der Waals surface area contributed by atoms with E-state index in [4.69, 9.17) is 0 Å². The highest BCUT2D eigenvalue weighted by Gasteiger charge is 2.47. The number of rotatable bonds is 3. The predicted octanol–water partition coefficient (Wildman–Crippen LogP) is 2.57. The minimum atomic E-state index is -1.88. The van der Waals surface area contributed by atoms with Crippen molar-refractivity contribution in [2.45, 2.75) is 18.9 Å². The number of halogens is 1. The molecule has 1 aliphatic rings. The molecule has 0 unspecified atom stereocenters. The van der Waals surface area contributed by atoms with Gasteiger partial charge in [-0.2, -0.15) is 0 Å². The van der Waals surface area contributed by atoms with Crippen molar-refractivity contribution >= 4 is 33.3 Å². The number of pyridine rings is 1. The molecule has 0 bridgehead atoms. The van der Waals surface area contributed by atoms with Crippen LogP contribution in [0.15, 0.2) is 41.0 Å². The first-order chi connectivity index (χ1) is 10.4. The van der Waals surface area contributed by atoms with Gasteiger partial charge in [0.05, 0.1) is 12.1 Å². The van der Waals surface area contributed by atoms with Crippen LogP contribution < -0.4 is 5.32 Å². The Hall–Kier alpha value is -2.05. The Balaban J connectivity index is 2.01. The second-order valence-electron chi connectivity index (χ2n) is 5.30. The number of aryl methyl sites for hydroxylation is 1. The van der Waals surface area contributed by atoms with E-state index in [1.54, 1.807) is 24.3 Å². The van der Waals surface area contributed by atoms with Gasteiger partial charge in [0.15, 0.2) is 11.4 Å². The second kappa shape index (κ2) is 5.30. The molecule has 0 fully saturated rings. The van der Waals surface area contributed by atoms with Crippen LogP contribution in [0, 0.1) is 6.92 Å². The van der Waals surface area contributed by atoms with E-state index in [0.717, 1.165) is 5.56 Å². The summed E-state index contributed by atoms with van der Waals surface area (Å²) in [5.74, 6) is -0.984. The monoisotopic (exact) mass is 360 g/mol. The number of fused-ring (bicyclic) bond motifs is 1. The summed E-state index contributed by atoms with van der Waals surface area (Å²) >= 11 is 3.37. The average molecular weight is 361 g/mol. The number of amides is 1. The van der Waals surface area contributed by atoms with Crippen molar-refractivity contribution in [1.29, 1.82) is 0 Å². The molecule has 5 nitrogen and oxygen atoms in total. The summed E-state index contributed by atoms with van der Waals surface area (Å²) in [6.45, 7) is 1.86. The quantitative estimate of drug-likeness (QED) is 0.824. The van der Waals surface area contributed by atoms with Crippen LogP contribution in [0.4, 0.5) is 5.69 Å². The lowest BCUT2D eigenvalue weighted by Crippen LogP contribution is -2.36. The second-order valence-corrected chi connectivity index (χ2v) is 6.15. The number of aromatic nitrogens is 1. The molecule has 3 rings (SSSR count). The van der Waals surface area contributed by atoms with Crippen LogP contribution in [0.1, 0.15) is 28.0 Å². The van der Waals surface area contributed by atoms with Gasteiger partial charge in [-0.05, 0) is 46.6 Å². The Morgan fingerprint density at radius 3 is 2.86 bits per heavy atom. The van der Waals surface area contributed by atoms with Gasteiger partial charge in [-0.1, -0.05) is 12.1 Å². The van der Waals surface area contributed by atoms with Crippen LogP contribution in [0.5, 0.6) is 0 Å². The maximum absolute atomic E-state index is 12.3. The number of carbonyl (C=O) groups is 2. The van der Waals surface area contributed by atoms with Crippen LogP contribution in [0.2, 0.25) is 0 Å². The Labute approximate surface area is 135 Å². The largest absolute Gasteiger partial charge is 0.375 e. The predicted molar refractivity (Wildman–Crippen MR) is 84.6 cm³/mol. The zero-order chi connectivity index (χ0) is 15.9. The fourth-order valence-corrected chi connectivity index (χ4v) is 3.23. The summed E-state index contributed by atoms with van der Waals surface area (Å²) in [6.07, 6.45) is 1.15. The summed E-state index contributed by atoms with van der Waals surface area (Å²) in [6, 6.07) is 8.50. The molecule has 1 aliphatic heterocycles.